The average Bonchev–Trinajstić information content (AvgIpc) is 2.03. The van der Waals surface area contributed by atoms with E-state index in [1.807, 2.05) is 0 Å². The van der Waals surface area contributed by atoms with E-state index in [-0.39, 0.29) is 56.9 Å². The van der Waals surface area contributed by atoms with E-state index in [0.717, 1.165) is 6.07 Å². The van der Waals surface area contributed by atoms with Crippen molar-refractivity contribution in [3.63, 3.8) is 0 Å². The molecule has 0 bridgehead atoms. The van der Waals surface area contributed by atoms with Crippen molar-refractivity contribution in [2.75, 3.05) is 0 Å². The summed E-state index contributed by atoms with van der Waals surface area (Å²) in [7, 11) is 0. The Morgan fingerprint density at radius 1 is 1.21 bits per heavy atom. The molecule has 0 fully saturated rings. The first kappa shape index (κ1) is 14.5. The SMILES string of the molecule is [K+].[O-]Cc1ccc(F)c(C(F)(F)F)c1. The summed E-state index contributed by atoms with van der Waals surface area (Å²) in [5, 5.41) is 10.2. The van der Waals surface area contributed by atoms with Crippen molar-refractivity contribution in [1.82, 2.24) is 0 Å². The quantitative estimate of drug-likeness (QED) is 0.436. The molecule has 0 atom stereocenters. The van der Waals surface area contributed by atoms with Crippen LogP contribution in [0.1, 0.15) is 11.1 Å². The van der Waals surface area contributed by atoms with Crippen molar-refractivity contribution in [2.45, 2.75) is 12.8 Å². The molecule has 1 nitrogen and oxygen atoms in total. The third kappa shape index (κ3) is 3.60. The summed E-state index contributed by atoms with van der Waals surface area (Å²) in [5.74, 6) is -1.36. The van der Waals surface area contributed by atoms with Crippen LogP contribution in [0.3, 0.4) is 0 Å². The van der Waals surface area contributed by atoms with Crippen LogP contribution in [-0.4, -0.2) is 0 Å². The summed E-state index contributed by atoms with van der Waals surface area (Å²) in [6.07, 6.45) is -4.74. The Hall–Kier alpha value is 0.536. The maximum Gasteiger partial charge on any atom is 1.00 e. The molecule has 0 aromatic heterocycles. The molecule has 0 aliphatic heterocycles. The second kappa shape index (κ2) is 5.57. The predicted octanol–water partition coefficient (Wildman–Crippen LogP) is -1.29. The topological polar surface area (TPSA) is 23.1 Å². The van der Waals surface area contributed by atoms with E-state index in [1.165, 1.54) is 0 Å². The van der Waals surface area contributed by atoms with Gasteiger partial charge in [-0.3, -0.25) is 0 Å². The summed E-state index contributed by atoms with van der Waals surface area (Å²) in [5.41, 5.74) is -1.46. The van der Waals surface area contributed by atoms with E-state index < -0.39 is 24.2 Å². The second-order valence-corrected chi connectivity index (χ2v) is 2.46. The average molecular weight is 232 g/mol. The van der Waals surface area contributed by atoms with Gasteiger partial charge in [-0.25, -0.2) is 4.39 Å². The molecule has 0 saturated carbocycles. The van der Waals surface area contributed by atoms with Gasteiger partial charge in [-0.2, -0.15) is 13.2 Å². The van der Waals surface area contributed by atoms with Gasteiger partial charge in [-0.05, 0) is 12.1 Å². The zero-order valence-electron chi connectivity index (χ0n) is 7.36. The van der Waals surface area contributed by atoms with Crippen LogP contribution in [0.2, 0.25) is 0 Å². The Morgan fingerprint density at radius 3 is 2.21 bits per heavy atom. The molecular weight excluding hydrogens is 227 g/mol. The van der Waals surface area contributed by atoms with E-state index in [1.54, 1.807) is 0 Å². The Balaban J connectivity index is 0.00000169. The van der Waals surface area contributed by atoms with Crippen molar-refractivity contribution >= 4 is 0 Å². The molecule has 0 radical (unpaired) electrons. The van der Waals surface area contributed by atoms with Crippen LogP contribution in [0.4, 0.5) is 17.6 Å². The molecule has 14 heavy (non-hydrogen) atoms. The summed E-state index contributed by atoms with van der Waals surface area (Å²) >= 11 is 0. The van der Waals surface area contributed by atoms with E-state index in [4.69, 9.17) is 0 Å². The summed E-state index contributed by atoms with van der Waals surface area (Å²) < 4.78 is 48.6. The van der Waals surface area contributed by atoms with Crippen LogP contribution in [0.15, 0.2) is 18.2 Å². The summed E-state index contributed by atoms with van der Waals surface area (Å²) in [4.78, 5) is 0. The number of halogens is 4. The predicted molar refractivity (Wildman–Crippen MR) is 35.1 cm³/mol. The van der Waals surface area contributed by atoms with Crippen LogP contribution in [0.25, 0.3) is 0 Å². The summed E-state index contributed by atoms with van der Waals surface area (Å²) in [6, 6.07) is 2.22. The fraction of sp³-hybridized carbons (Fsp3) is 0.250. The van der Waals surface area contributed by atoms with Gasteiger partial charge in [-0.1, -0.05) is 11.6 Å². The maximum absolute atomic E-state index is 12.6. The third-order valence-electron chi connectivity index (χ3n) is 1.50. The molecule has 1 aromatic carbocycles. The molecular formula is C8H5F4KO. The van der Waals surface area contributed by atoms with Gasteiger partial charge in [0.05, 0.1) is 5.56 Å². The van der Waals surface area contributed by atoms with Crippen LogP contribution >= 0.6 is 0 Å². The molecule has 0 aliphatic rings. The normalized spacial score (nSPS) is 10.9. The molecule has 1 rings (SSSR count). The van der Waals surface area contributed by atoms with Crippen molar-refractivity contribution in [2.24, 2.45) is 0 Å². The third-order valence-corrected chi connectivity index (χ3v) is 1.50. The zero-order valence-corrected chi connectivity index (χ0v) is 10.5. The Kier molecular flexibility index (Phi) is 5.79. The molecule has 0 heterocycles. The fourth-order valence-electron chi connectivity index (χ4n) is 0.879. The van der Waals surface area contributed by atoms with E-state index in [9.17, 15) is 22.7 Å². The van der Waals surface area contributed by atoms with E-state index >= 15 is 0 Å². The number of benzene rings is 1. The van der Waals surface area contributed by atoms with Gasteiger partial charge in [0.2, 0.25) is 0 Å². The van der Waals surface area contributed by atoms with Crippen molar-refractivity contribution < 1.29 is 74.1 Å². The minimum atomic E-state index is -4.74. The van der Waals surface area contributed by atoms with Gasteiger partial charge in [-0.15, -0.1) is 6.61 Å². The molecule has 0 unspecified atom stereocenters. The second-order valence-electron chi connectivity index (χ2n) is 2.46. The molecule has 0 N–H and O–H groups in total. The van der Waals surface area contributed by atoms with Gasteiger partial charge < -0.3 is 5.11 Å². The van der Waals surface area contributed by atoms with Crippen molar-refractivity contribution in [3.05, 3.63) is 35.1 Å². The molecule has 0 spiro atoms. The van der Waals surface area contributed by atoms with E-state index in [0.29, 0.717) is 12.1 Å². The first-order valence-corrected chi connectivity index (χ1v) is 3.39. The van der Waals surface area contributed by atoms with Gasteiger partial charge in [0, 0.05) is 0 Å². The number of rotatable bonds is 1. The number of alkyl halides is 3. The molecule has 0 aliphatic carbocycles. The first-order valence-electron chi connectivity index (χ1n) is 3.39. The minimum absolute atomic E-state index is 0. The molecule has 1 aromatic rings. The van der Waals surface area contributed by atoms with Crippen LogP contribution in [-0.2, 0) is 12.8 Å². The van der Waals surface area contributed by atoms with Crippen molar-refractivity contribution in [1.29, 1.82) is 0 Å². The molecule has 72 valence electrons. The smallest absolute Gasteiger partial charge is 0.851 e. The van der Waals surface area contributed by atoms with E-state index in [2.05, 4.69) is 0 Å². The Morgan fingerprint density at radius 2 is 1.79 bits per heavy atom. The van der Waals surface area contributed by atoms with Crippen molar-refractivity contribution in [3.8, 4) is 0 Å². The Bertz CT molecular complexity index is 311. The van der Waals surface area contributed by atoms with Crippen LogP contribution < -0.4 is 56.5 Å². The van der Waals surface area contributed by atoms with Gasteiger partial charge >= 0.3 is 57.6 Å². The monoisotopic (exact) mass is 232 g/mol. The standard InChI is InChI=1S/C8H5F4O.K/c9-7-2-1-5(4-13)3-6(7)8(10,11)12;/h1-3H,4H2;/q-1;+1. The van der Waals surface area contributed by atoms with Gasteiger partial charge in [0.1, 0.15) is 5.82 Å². The zero-order chi connectivity index (χ0) is 10.1. The number of hydrogen-bond donors (Lipinski definition) is 0. The first-order chi connectivity index (χ1) is 5.95. The largest absolute Gasteiger partial charge is 1.00 e. The molecule has 0 saturated heterocycles. The molecule has 6 heteroatoms. The Labute approximate surface area is 121 Å². The van der Waals surface area contributed by atoms with Gasteiger partial charge in [0.25, 0.3) is 0 Å². The van der Waals surface area contributed by atoms with Crippen LogP contribution in [0.5, 0.6) is 0 Å². The number of hydrogen-bond acceptors (Lipinski definition) is 1. The maximum atomic E-state index is 12.6. The minimum Gasteiger partial charge on any atom is -0.851 e. The molecule has 0 amide bonds. The fourth-order valence-corrected chi connectivity index (χ4v) is 0.879. The van der Waals surface area contributed by atoms with Crippen LogP contribution in [0, 0.1) is 5.82 Å². The summed E-state index contributed by atoms with van der Waals surface area (Å²) in [6.45, 7) is -0.788. The van der Waals surface area contributed by atoms with Gasteiger partial charge in [0.15, 0.2) is 0 Å².